The zero-order chi connectivity index (χ0) is 18.4. The predicted octanol–water partition coefficient (Wildman–Crippen LogP) is 2.02. The van der Waals surface area contributed by atoms with Crippen LogP contribution in [-0.4, -0.2) is 38.8 Å². The van der Waals surface area contributed by atoms with Crippen molar-refractivity contribution in [2.75, 3.05) is 14.1 Å². The number of nitrogens with zero attached hydrogens (tertiary/aromatic N) is 1. The van der Waals surface area contributed by atoms with Gasteiger partial charge in [0.2, 0.25) is 10.0 Å². The minimum Gasteiger partial charge on any atom is -0.481 e. The summed E-state index contributed by atoms with van der Waals surface area (Å²) in [5, 5.41) is 2.78. The van der Waals surface area contributed by atoms with Crippen LogP contribution in [0.5, 0.6) is 5.75 Å². The summed E-state index contributed by atoms with van der Waals surface area (Å²) in [5.74, 6) is 0.386. The maximum atomic E-state index is 12.1. The van der Waals surface area contributed by atoms with Gasteiger partial charge in [0, 0.05) is 20.6 Å². The number of amides is 1. The third-order valence-corrected chi connectivity index (χ3v) is 5.42. The van der Waals surface area contributed by atoms with Crippen molar-refractivity contribution in [3.8, 4) is 5.75 Å². The Morgan fingerprint density at radius 2 is 1.68 bits per heavy atom. The molecule has 0 bridgehead atoms. The van der Waals surface area contributed by atoms with Crippen LogP contribution in [0, 0.1) is 0 Å². The van der Waals surface area contributed by atoms with E-state index in [9.17, 15) is 13.2 Å². The second kappa shape index (κ2) is 8.13. The van der Waals surface area contributed by atoms with Crippen molar-refractivity contribution >= 4 is 15.9 Å². The summed E-state index contributed by atoms with van der Waals surface area (Å²) in [6.07, 6.45) is -0.629. The second-order valence-corrected chi connectivity index (χ2v) is 7.87. The maximum absolute atomic E-state index is 12.1. The minimum atomic E-state index is -3.45. The quantitative estimate of drug-likeness (QED) is 0.818. The fourth-order valence-corrected chi connectivity index (χ4v) is 2.98. The lowest BCUT2D eigenvalue weighted by Gasteiger charge is -2.15. The van der Waals surface area contributed by atoms with Gasteiger partial charge in [0.15, 0.2) is 6.10 Å². The van der Waals surface area contributed by atoms with Crippen molar-refractivity contribution in [3.63, 3.8) is 0 Å². The predicted molar refractivity (Wildman–Crippen MR) is 95.7 cm³/mol. The van der Waals surface area contributed by atoms with Gasteiger partial charge in [0.1, 0.15) is 5.75 Å². The lowest BCUT2D eigenvalue weighted by Crippen LogP contribution is -2.35. The first kappa shape index (κ1) is 19.0. The average Bonchev–Trinajstić information content (AvgIpc) is 2.60. The number of para-hydroxylation sites is 1. The number of carbonyl (C=O) groups excluding carboxylic acids is 1. The van der Waals surface area contributed by atoms with E-state index in [2.05, 4.69) is 5.32 Å². The number of rotatable bonds is 7. The van der Waals surface area contributed by atoms with Crippen molar-refractivity contribution in [2.24, 2.45) is 0 Å². The van der Waals surface area contributed by atoms with E-state index in [-0.39, 0.29) is 10.8 Å². The van der Waals surface area contributed by atoms with Gasteiger partial charge in [-0.1, -0.05) is 30.3 Å². The molecule has 2 rings (SSSR count). The normalized spacial score (nSPS) is 12.6. The Balaban J connectivity index is 1.91. The molecule has 0 heterocycles. The van der Waals surface area contributed by atoms with Gasteiger partial charge in [0.05, 0.1) is 4.90 Å². The highest BCUT2D eigenvalue weighted by Gasteiger charge is 2.17. The molecule has 1 N–H and O–H groups in total. The van der Waals surface area contributed by atoms with Gasteiger partial charge in [-0.05, 0) is 36.8 Å². The first-order chi connectivity index (χ1) is 11.8. The molecule has 0 aliphatic heterocycles. The highest BCUT2D eigenvalue weighted by Crippen LogP contribution is 2.14. The molecule has 25 heavy (non-hydrogen) atoms. The molecular formula is C18H22N2O4S. The van der Waals surface area contributed by atoms with E-state index in [0.29, 0.717) is 12.3 Å². The molecular weight excluding hydrogens is 340 g/mol. The van der Waals surface area contributed by atoms with Crippen molar-refractivity contribution in [3.05, 3.63) is 60.2 Å². The van der Waals surface area contributed by atoms with E-state index >= 15 is 0 Å². The van der Waals surface area contributed by atoms with Crippen molar-refractivity contribution in [2.45, 2.75) is 24.5 Å². The van der Waals surface area contributed by atoms with Crippen molar-refractivity contribution in [1.82, 2.24) is 9.62 Å². The van der Waals surface area contributed by atoms with Crippen LogP contribution < -0.4 is 10.1 Å². The summed E-state index contributed by atoms with van der Waals surface area (Å²) in [4.78, 5) is 12.3. The van der Waals surface area contributed by atoms with Crippen LogP contribution >= 0.6 is 0 Å². The van der Waals surface area contributed by atoms with E-state index in [1.165, 1.54) is 26.2 Å². The molecule has 0 fully saturated rings. The Kier molecular flexibility index (Phi) is 6.17. The topological polar surface area (TPSA) is 75.7 Å². The molecule has 2 aromatic carbocycles. The molecule has 134 valence electrons. The Morgan fingerprint density at radius 1 is 1.08 bits per heavy atom. The minimum absolute atomic E-state index is 0.216. The first-order valence-electron chi connectivity index (χ1n) is 7.81. The van der Waals surface area contributed by atoms with Crippen LogP contribution in [0.1, 0.15) is 12.5 Å². The third kappa shape index (κ3) is 5.04. The Morgan fingerprint density at radius 3 is 2.24 bits per heavy atom. The summed E-state index contributed by atoms with van der Waals surface area (Å²) in [5.41, 5.74) is 0.804. The fraction of sp³-hybridized carbons (Fsp3) is 0.278. The van der Waals surface area contributed by atoms with Crippen LogP contribution in [0.25, 0.3) is 0 Å². The van der Waals surface area contributed by atoms with Gasteiger partial charge >= 0.3 is 0 Å². The molecule has 6 nitrogen and oxygen atoms in total. The lowest BCUT2D eigenvalue weighted by atomic mass is 10.2. The Bertz CT molecular complexity index is 803. The monoisotopic (exact) mass is 362 g/mol. The molecule has 1 atom stereocenters. The van der Waals surface area contributed by atoms with Gasteiger partial charge in [-0.15, -0.1) is 0 Å². The molecule has 0 aliphatic rings. The fourth-order valence-electron chi connectivity index (χ4n) is 2.08. The van der Waals surface area contributed by atoms with Gasteiger partial charge in [-0.2, -0.15) is 0 Å². The van der Waals surface area contributed by atoms with Gasteiger partial charge in [-0.25, -0.2) is 12.7 Å². The number of ether oxygens (including phenoxy) is 1. The maximum Gasteiger partial charge on any atom is 0.261 e. The highest BCUT2D eigenvalue weighted by molar-refractivity contribution is 7.89. The lowest BCUT2D eigenvalue weighted by molar-refractivity contribution is -0.127. The molecule has 0 aromatic heterocycles. The van der Waals surface area contributed by atoms with Gasteiger partial charge < -0.3 is 10.1 Å². The first-order valence-corrected chi connectivity index (χ1v) is 9.25. The largest absolute Gasteiger partial charge is 0.481 e. The van der Waals surface area contributed by atoms with E-state index in [1.54, 1.807) is 31.2 Å². The Hall–Kier alpha value is -2.38. The summed E-state index contributed by atoms with van der Waals surface area (Å²) < 4.78 is 30.7. The molecule has 1 unspecified atom stereocenters. The van der Waals surface area contributed by atoms with Crippen LogP contribution in [0.3, 0.4) is 0 Å². The number of carbonyl (C=O) groups is 1. The van der Waals surface area contributed by atoms with Crippen LogP contribution in [0.4, 0.5) is 0 Å². The summed E-state index contributed by atoms with van der Waals surface area (Å²) in [6.45, 7) is 1.97. The SMILES string of the molecule is CC(Oc1ccccc1)C(=O)NCc1ccc(S(=O)(=O)N(C)C)cc1. The van der Waals surface area contributed by atoms with Crippen LogP contribution in [0.15, 0.2) is 59.5 Å². The van der Waals surface area contributed by atoms with Crippen LogP contribution in [-0.2, 0) is 21.4 Å². The number of hydrogen-bond donors (Lipinski definition) is 1. The van der Waals surface area contributed by atoms with E-state index < -0.39 is 16.1 Å². The molecule has 1 amide bonds. The van der Waals surface area contributed by atoms with E-state index in [4.69, 9.17) is 4.74 Å². The summed E-state index contributed by atoms with van der Waals surface area (Å²) in [7, 11) is -0.480. The zero-order valence-electron chi connectivity index (χ0n) is 14.5. The molecule has 0 aliphatic carbocycles. The second-order valence-electron chi connectivity index (χ2n) is 5.72. The van der Waals surface area contributed by atoms with Gasteiger partial charge in [-0.3, -0.25) is 4.79 Å². The number of benzene rings is 2. The van der Waals surface area contributed by atoms with Crippen molar-refractivity contribution in [1.29, 1.82) is 0 Å². The third-order valence-electron chi connectivity index (χ3n) is 3.59. The van der Waals surface area contributed by atoms with Crippen LogP contribution in [0.2, 0.25) is 0 Å². The molecule has 2 aromatic rings. The smallest absolute Gasteiger partial charge is 0.261 e. The summed E-state index contributed by atoms with van der Waals surface area (Å²) in [6, 6.07) is 15.5. The summed E-state index contributed by atoms with van der Waals surface area (Å²) >= 11 is 0. The molecule has 0 saturated heterocycles. The number of sulfonamides is 1. The molecule has 7 heteroatoms. The van der Waals surface area contributed by atoms with Gasteiger partial charge in [0.25, 0.3) is 5.91 Å². The average molecular weight is 362 g/mol. The number of hydrogen-bond acceptors (Lipinski definition) is 4. The van der Waals surface area contributed by atoms with E-state index in [1.807, 2.05) is 18.2 Å². The van der Waals surface area contributed by atoms with E-state index in [0.717, 1.165) is 9.87 Å². The zero-order valence-corrected chi connectivity index (χ0v) is 15.3. The van der Waals surface area contributed by atoms with Crippen molar-refractivity contribution < 1.29 is 17.9 Å². The molecule has 0 radical (unpaired) electrons. The number of nitrogens with one attached hydrogen (secondary N) is 1. The Labute approximate surface area is 148 Å². The standard InChI is InChI=1S/C18H22N2O4S/c1-14(24-16-7-5-4-6-8-16)18(21)19-13-15-9-11-17(12-10-15)25(22,23)20(2)3/h4-12,14H,13H2,1-3H3,(H,19,21). The molecule has 0 spiro atoms. The molecule has 0 saturated carbocycles. The highest BCUT2D eigenvalue weighted by atomic mass is 32.2.